The molecule has 1 heterocycles. The van der Waals surface area contributed by atoms with Crippen LogP contribution >= 0.6 is 0 Å². The Labute approximate surface area is 130 Å². The third-order valence-electron chi connectivity index (χ3n) is 4.70. The molecule has 1 aliphatic rings. The first-order valence-corrected chi connectivity index (χ1v) is 7.37. The van der Waals surface area contributed by atoms with E-state index >= 15 is 0 Å². The molecule has 1 fully saturated rings. The highest BCUT2D eigenvalue weighted by Gasteiger charge is 2.53. The summed E-state index contributed by atoms with van der Waals surface area (Å²) in [6.45, 7) is 7.81. The molecule has 22 heavy (non-hydrogen) atoms. The van der Waals surface area contributed by atoms with Crippen LogP contribution in [0.15, 0.2) is 30.3 Å². The average Bonchev–Trinajstić information content (AvgIpc) is 2.66. The molecule has 3 nitrogen and oxygen atoms in total. The van der Waals surface area contributed by atoms with Crippen LogP contribution in [-0.2, 0) is 9.31 Å². The van der Waals surface area contributed by atoms with Crippen LogP contribution in [0.5, 0.6) is 5.75 Å². The Kier molecular flexibility index (Phi) is 3.46. The van der Waals surface area contributed by atoms with E-state index < -0.39 is 24.1 Å². The minimum absolute atomic E-state index is 0.198. The molecule has 0 unspecified atom stereocenters. The van der Waals surface area contributed by atoms with Crippen molar-refractivity contribution in [1.82, 2.24) is 0 Å². The summed E-state index contributed by atoms with van der Waals surface area (Å²) in [5, 5.41) is 1.67. The first-order chi connectivity index (χ1) is 10.3. The van der Waals surface area contributed by atoms with Gasteiger partial charge in [-0.2, -0.15) is 0 Å². The lowest BCUT2D eigenvalue weighted by molar-refractivity contribution is 0.00578. The van der Waals surface area contributed by atoms with Gasteiger partial charge >= 0.3 is 7.12 Å². The number of benzene rings is 2. The number of hydrogen-bond donors (Lipinski definition) is 0. The number of fused-ring (bicyclic) bond motifs is 1. The van der Waals surface area contributed by atoms with Gasteiger partial charge in [-0.1, -0.05) is 24.3 Å². The molecule has 0 spiro atoms. The Morgan fingerprint density at radius 2 is 1.64 bits per heavy atom. The number of halogens is 1. The predicted molar refractivity (Wildman–Crippen MR) is 86.2 cm³/mol. The second-order valence-electron chi connectivity index (χ2n) is 6.62. The van der Waals surface area contributed by atoms with Crippen molar-refractivity contribution in [1.29, 1.82) is 0 Å². The van der Waals surface area contributed by atoms with Crippen molar-refractivity contribution in [3.8, 4) is 5.75 Å². The lowest BCUT2D eigenvalue weighted by Crippen LogP contribution is -2.41. The maximum absolute atomic E-state index is 14.9. The molecule has 0 bridgehead atoms. The van der Waals surface area contributed by atoms with E-state index in [9.17, 15) is 4.39 Å². The van der Waals surface area contributed by atoms with Gasteiger partial charge in [0.2, 0.25) is 0 Å². The van der Waals surface area contributed by atoms with E-state index in [4.69, 9.17) is 14.0 Å². The van der Waals surface area contributed by atoms with Crippen molar-refractivity contribution in [2.45, 2.75) is 38.9 Å². The van der Waals surface area contributed by atoms with Gasteiger partial charge in [0.15, 0.2) is 11.6 Å². The topological polar surface area (TPSA) is 27.7 Å². The van der Waals surface area contributed by atoms with Gasteiger partial charge in [-0.25, -0.2) is 4.39 Å². The lowest BCUT2D eigenvalue weighted by Gasteiger charge is -2.32. The fourth-order valence-corrected chi connectivity index (χ4v) is 2.66. The molecule has 0 amide bonds. The largest absolute Gasteiger partial charge is 0.498 e. The standard InChI is InChI=1S/C17H20BFO3/c1-16(2)17(3,4)22-18(21-16)14-12-9-7-6-8-11(12)10-13(20-5)15(14)19/h6-10H,1-5H3. The smallest absolute Gasteiger partial charge is 0.494 e. The van der Waals surface area contributed by atoms with Crippen LogP contribution in [0.2, 0.25) is 0 Å². The maximum Gasteiger partial charge on any atom is 0.498 e. The second-order valence-corrected chi connectivity index (χ2v) is 6.62. The molecular weight excluding hydrogens is 282 g/mol. The van der Waals surface area contributed by atoms with Crippen molar-refractivity contribution in [2.24, 2.45) is 0 Å². The van der Waals surface area contributed by atoms with Gasteiger partial charge in [-0.15, -0.1) is 0 Å². The zero-order valence-corrected chi connectivity index (χ0v) is 13.6. The minimum Gasteiger partial charge on any atom is -0.494 e. The summed E-state index contributed by atoms with van der Waals surface area (Å²) in [6.07, 6.45) is 0. The van der Waals surface area contributed by atoms with Gasteiger partial charge in [0.25, 0.3) is 0 Å². The van der Waals surface area contributed by atoms with Gasteiger partial charge in [-0.05, 0) is 44.5 Å². The quantitative estimate of drug-likeness (QED) is 0.797. The molecule has 1 aliphatic heterocycles. The molecule has 2 aromatic carbocycles. The van der Waals surface area contributed by atoms with Crippen LogP contribution < -0.4 is 10.2 Å². The summed E-state index contributed by atoms with van der Waals surface area (Å²) >= 11 is 0. The van der Waals surface area contributed by atoms with Gasteiger partial charge in [0, 0.05) is 5.46 Å². The summed E-state index contributed by atoms with van der Waals surface area (Å²) in [5.41, 5.74) is -0.642. The molecular formula is C17H20BFO3. The molecule has 0 saturated carbocycles. The molecule has 5 heteroatoms. The number of methoxy groups -OCH3 is 1. The van der Waals surface area contributed by atoms with Crippen LogP contribution in [0.1, 0.15) is 27.7 Å². The second kappa shape index (κ2) is 4.96. The van der Waals surface area contributed by atoms with E-state index in [-0.39, 0.29) is 5.75 Å². The van der Waals surface area contributed by atoms with Crippen LogP contribution in [0.25, 0.3) is 10.8 Å². The third kappa shape index (κ3) is 2.20. The van der Waals surface area contributed by atoms with Crippen molar-refractivity contribution < 1.29 is 18.4 Å². The SMILES string of the molecule is COc1cc2ccccc2c(B2OC(C)(C)C(C)(C)O2)c1F. The van der Waals surface area contributed by atoms with Gasteiger partial charge < -0.3 is 14.0 Å². The Balaban J connectivity index is 2.21. The van der Waals surface area contributed by atoms with E-state index in [1.165, 1.54) is 7.11 Å². The molecule has 0 atom stereocenters. The number of rotatable bonds is 2. The van der Waals surface area contributed by atoms with E-state index in [1.54, 1.807) is 6.07 Å². The van der Waals surface area contributed by atoms with Crippen molar-refractivity contribution in [3.63, 3.8) is 0 Å². The van der Waals surface area contributed by atoms with Crippen LogP contribution in [0, 0.1) is 5.82 Å². The molecule has 0 aliphatic carbocycles. The van der Waals surface area contributed by atoms with Gasteiger partial charge in [-0.3, -0.25) is 0 Å². The highest BCUT2D eigenvalue weighted by Crippen LogP contribution is 2.38. The van der Waals surface area contributed by atoms with Crippen molar-refractivity contribution in [2.75, 3.05) is 7.11 Å². The molecule has 2 aromatic rings. The summed E-state index contributed by atoms with van der Waals surface area (Å²) in [7, 11) is 0.700. The van der Waals surface area contributed by atoms with Gasteiger partial charge in [0.05, 0.1) is 18.3 Å². The first kappa shape index (κ1) is 15.3. The summed E-state index contributed by atoms with van der Waals surface area (Å²) < 4.78 is 32.1. The Morgan fingerprint density at radius 3 is 2.23 bits per heavy atom. The van der Waals surface area contributed by atoms with Gasteiger partial charge in [0.1, 0.15) is 0 Å². The van der Waals surface area contributed by atoms with E-state index in [1.807, 2.05) is 52.0 Å². The average molecular weight is 302 g/mol. The predicted octanol–water partition coefficient (Wildman–Crippen LogP) is 3.29. The fraction of sp³-hybridized carbons (Fsp3) is 0.412. The molecule has 0 N–H and O–H groups in total. The summed E-state index contributed by atoms with van der Waals surface area (Å²) in [6, 6.07) is 9.28. The van der Waals surface area contributed by atoms with Crippen molar-refractivity contribution in [3.05, 3.63) is 36.1 Å². The number of ether oxygens (including phenoxy) is 1. The normalized spacial score (nSPS) is 19.6. The monoisotopic (exact) mass is 302 g/mol. The van der Waals surface area contributed by atoms with E-state index in [2.05, 4.69) is 0 Å². The lowest BCUT2D eigenvalue weighted by atomic mass is 9.75. The van der Waals surface area contributed by atoms with Crippen LogP contribution in [0.3, 0.4) is 0 Å². The minimum atomic E-state index is -0.759. The summed E-state index contributed by atoms with van der Waals surface area (Å²) in [5.74, 6) is -0.233. The Bertz CT molecular complexity index is 711. The summed E-state index contributed by atoms with van der Waals surface area (Å²) in [4.78, 5) is 0. The third-order valence-corrected chi connectivity index (χ3v) is 4.70. The van der Waals surface area contributed by atoms with E-state index in [0.29, 0.717) is 5.46 Å². The highest BCUT2D eigenvalue weighted by atomic mass is 19.1. The maximum atomic E-state index is 14.9. The van der Waals surface area contributed by atoms with Crippen LogP contribution in [-0.4, -0.2) is 25.4 Å². The van der Waals surface area contributed by atoms with Crippen LogP contribution in [0.4, 0.5) is 4.39 Å². The van der Waals surface area contributed by atoms with E-state index in [0.717, 1.165) is 10.8 Å². The molecule has 0 radical (unpaired) electrons. The number of hydrogen-bond acceptors (Lipinski definition) is 3. The zero-order valence-electron chi connectivity index (χ0n) is 13.6. The molecule has 1 saturated heterocycles. The molecule has 3 rings (SSSR count). The zero-order chi connectivity index (χ0) is 16.1. The fourth-order valence-electron chi connectivity index (χ4n) is 2.66. The highest BCUT2D eigenvalue weighted by molar-refractivity contribution is 6.65. The molecule has 116 valence electrons. The first-order valence-electron chi connectivity index (χ1n) is 7.37. The Hall–Kier alpha value is -1.59. The molecule has 0 aromatic heterocycles. The van der Waals surface area contributed by atoms with Crippen molar-refractivity contribution >= 4 is 23.4 Å². The Morgan fingerprint density at radius 1 is 1.05 bits per heavy atom.